The largest absolute Gasteiger partial charge is 0.396 e. The monoisotopic (exact) mass is 307 g/mol. The van der Waals surface area contributed by atoms with Gasteiger partial charge in [-0.25, -0.2) is 0 Å². The Morgan fingerprint density at radius 3 is 2.50 bits per heavy atom. The summed E-state index contributed by atoms with van der Waals surface area (Å²) < 4.78 is 5.47. The van der Waals surface area contributed by atoms with Crippen LogP contribution < -0.4 is 5.32 Å². The standard InChI is InChI=1S/C17H29N3O2/c21-12-14-9-5-2-6-10-15(14)18-11-16-19-17(22-20-16)13-7-3-1-4-8-13/h13-15,18,21H,1-12H2/t14-,15+/m1/s1. The SMILES string of the molecule is OC[C@H]1CCCCC[C@@H]1NCc1noc(C2CCCCC2)n1. The quantitative estimate of drug-likeness (QED) is 0.818. The van der Waals surface area contributed by atoms with Crippen LogP contribution in [0.3, 0.4) is 0 Å². The number of nitrogens with one attached hydrogen (secondary N) is 1. The van der Waals surface area contributed by atoms with E-state index in [1.807, 2.05) is 0 Å². The van der Waals surface area contributed by atoms with E-state index >= 15 is 0 Å². The van der Waals surface area contributed by atoms with E-state index in [1.165, 1.54) is 51.4 Å². The molecule has 2 N–H and O–H groups in total. The molecule has 0 radical (unpaired) electrons. The van der Waals surface area contributed by atoms with Crippen LogP contribution in [-0.2, 0) is 6.54 Å². The van der Waals surface area contributed by atoms with E-state index in [0.717, 1.165) is 24.6 Å². The molecule has 5 heteroatoms. The summed E-state index contributed by atoms with van der Waals surface area (Å²) in [4.78, 5) is 4.59. The third-order valence-electron chi connectivity index (χ3n) is 5.35. The minimum Gasteiger partial charge on any atom is -0.396 e. The first-order chi connectivity index (χ1) is 10.9. The van der Waals surface area contributed by atoms with Crippen molar-refractivity contribution < 1.29 is 9.63 Å². The second kappa shape index (κ2) is 8.06. The van der Waals surface area contributed by atoms with Crippen LogP contribution in [0.15, 0.2) is 4.52 Å². The van der Waals surface area contributed by atoms with Crippen molar-refractivity contribution in [3.8, 4) is 0 Å². The first kappa shape index (κ1) is 15.9. The predicted octanol–water partition coefficient (Wildman–Crippen LogP) is 3.15. The maximum Gasteiger partial charge on any atom is 0.229 e. The molecular weight excluding hydrogens is 278 g/mol. The third kappa shape index (κ3) is 4.07. The van der Waals surface area contributed by atoms with Gasteiger partial charge in [0.1, 0.15) is 0 Å². The van der Waals surface area contributed by atoms with Gasteiger partial charge in [-0.3, -0.25) is 0 Å². The molecule has 22 heavy (non-hydrogen) atoms. The van der Waals surface area contributed by atoms with Crippen molar-refractivity contribution in [2.75, 3.05) is 6.61 Å². The molecule has 1 aromatic heterocycles. The Balaban J connectivity index is 1.53. The number of aromatic nitrogens is 2. The summed E-state index contributed by atoms with van der Waals surface area (Å²) in [5.74, 6) is 2.43. The normalized spacial score (nSPS) is 27.7. The summed E-state index contributed by atoms with van der Waals surface area (Å²) in [6.07, 6.45) is 12.3. The Hall–Kier alpha value is -0.940. The molecule has 1 aromatic rings. The van der Waals surface area contributed by atoms with Crippen LogP contribution >= 0.6 is 0 Å². The first-order valence-corrected chi connectivity index (χ1v) is 9.03. The maximum absolute atomic E-state index is 9.57. The van der Waals surface area contributed by atoms with Crippen molar-refractivity contribution in [1.82, 2.24) is 15.5 Å². The highest BCUT2D eigenvalue weighted by molar-refractivity contribution is 4.96. The first-order valence-electron chi connectivity index (χ1n) is 9.03. The van der Waals surface area contributed by atoms with Crippen molar-refractivity contribution in [3.05, 3.63) is 11.7 Å². The highest BCUT2D eigenvalue weighted by Gasteiger charge is 2.24. The van der Waals surface area contributed by atoms with Gasteiger partial charge < -0.3 is 14.9 Å². The van der Waals surface area contributed by atoms with Gasteiger partial charge in [-0.15, -0.1) is 0 Å². The minimum absolute atomic E-state index is 0.275. The van der Waals surface area contributed by atoms with Crippen LogP contribution in [-0.4, -0.2) is 27.9 Å². The topological polar surface area (TPSA) is 71.2 Å². The molecule has 124 valence electrons. The van der Waals surface area contributed by atoms with Gasteiger partial charge in [-0.1, -0.05) is 43.7 Å². The fraction of sp³-hybridized carbons (Fsp3) is 0.882. The second-order valence-corrected chi connectivity index (χ2v) is 6.95. The Morgan fingerprint density at radius 1 is 1.00 bits per heavy atom. The number of hydrogen-bond donors (Lipinski definition) is 2. The van der Waals surface area contributed by atoms with Gasteiger partial charge in [-0.2, -0.15) is 4.98 Å². The summed E-state index contributed by atoms with van der Waals surface area (Å²) in [6.45, 7) is 0.925. The van der Waals surface area contributed by atoms with E-state index < -0.39 is 0 Å². The Kier molecular flexibility index (Phi) is 5.84. The number of aliphatic hydroxyl groups is 1. The van der Waals surface area contributed by atoms with Gasteiger partial charge in [0.25, 0.3) is 0 Å². The molecule has 5 nitrogen and oxygen atoms in total. The summed E-state index contributed by atoms with van der Waals surface area (Å²) in [6, 6.07) is 0.379. The van der Waals surface area contributed by atoms with Gasteiger partial charge in [0.2, 0.25) is 5.89 Å². The van der Waals surface area contributed by atoms with Crippen molar-refractivity contribution in [3.63, 3.8) is 0 Å². The van der Waals surface area contributed by atoms with Gasteiger partial charge in [0.15, 0.2) is 5.82 Å². The van der Waals surface area contributed by atoms with Gasteiger partial charge in [-0.05, 0) is 31.6 Å². The van der Waals surface area contributed by atoms with Crippen molar-refractivity contribution in [2.24, 2.45) is 5.92 Å². The van der Waals surface area contributed by atoms with E-state index in [9.17, 15) is 5.11 Å². The van der Waals surface area contributed by atoms with Crippen molar-refractivity contribution in [2.45, 2.75) is 82.7 Å². The smallest absolute Gasteiger partial charge is 0.229 e. The Morgan fingerprint density at radius 2 is 1.73 bits per heavy atom. The molecule has 2 fully saturated rings. The summed E-state index contributed by atoms with van der Waals surface area (Å²) in [7, 11) is 0. The van der Waals surface area contributed by atoms with Gasteiger partial charge in [0, 0.05) is 18.6 Å². The van der Waals surface area contributed by atoms with Crippen molar-refractivity contribution in [1.29, 1.82) is 0 Å². The fourth-order valence-corrected chi connectivity index (χ4v) is 3.95. The number of hydrogen-bond acceptors (Lipinski definition) is 5. The molecule has 3 rings (SSSR count). The Bertz CT molecular complexity index is 443. The predicted molar refractivity (Wildman–Crippen MR) is 84.4 cm³/mol. The lowest BCUT2D eigenvalue weighted by atomic mass is 9.89. The molecule has 2 atom stereocenters. The molecule has 2 saturated carbocycles. The van der Waals surface area contributed by atoms with Crippen LogP contribution in [0.5, 0.6) is 0 Å². The van der Waals surface area contributed by atoms with Crippen LogP contribution in [0.1, 0.15) is 81.8 Å². The summed E-state index contributed by atoms with van der Waals surface area (Å²) >= 11 is 0. The van der Waals surface area contributed by atoms with E-state index in [2.05, 4.69) is 15.5 Å². The second-order valence-electron chi connectivity index (χ2n) is 6.95. The summed E-state index contributed by atoms with van der Waals surface area (Å²) in [5, 5.41) is 17.3. The van der Waals surface area contributed by atoms with Crippen LogP contribution in [0.2, 0.25) is 0 Å². The van der Waals surface area contributed by atoms with Gasteiger partial charge >= 0.3 is 0 Å². The molecule has 0 unspecified atom stereocenters. The van der Waals surface area contributed by atoms with Crippen molar-refractivity contribution >= 4 is 0 Å². The number of aliphatic hydroxyl groups excluding tert-OH is 1. The maximum atomic E-state index is 9.57. The minimum atomic E-state index is 0.275. The number of nitrogens with zero attached hydrogens (tertiary/aromatic N) is 2. The van der Waals surface area contributed by atoms with Gasteiger partial charge in [0.05, 0.1) is 6.54 Å². The fourth-order valence-electron chi connectivity index (χ4n) is 3.95. The molecule has 2 aliphatic rings. The van der Waals surface area contributed by atoms with Crippen LogP contribution in [0, 0.1) is 5.92 Å². The number of rotatable bonds is 5. The Labute approximate surface area is 132 Å². The van der Waals surface area contributed by atoms with E-state index in [-0.39, 0.29) is 6.61 Å². The lowest BCUT2D eigenvalue weighted by Crippen LogP contribution is -2.37. The lowest BCUT2D eigenvalue weighted by Gasteiger charge is -2.23. The van der Waals surface area contributed by atoms with Crippen LogP contribution in [0.4, 0.5) is 0 Å². The zero-order chi connectivity index (χ0) is 15.2. The molecule has 0 saturated heterocycles. The summed E-state index contributed by atoms with van der Waals surface area (Å²) in [5.41, 5.74) is 0. The van der Waals surface area contributed by atoms with E-state index in [1.54, 1.807) is 0 Å². The molecular formula is C17H29N3O2. The molecule has 2 aliphatic carbocycles. The van der Waals surface area contributed by atoms with Crippen LogP contribution in [0.25, 0.3) is 0 Å². The lowest BCUT2D eigenvalue weighted by molar-refractivity contribution is 0.180. The molecule has 0 spiro atoms. The molecule has 0 bridgehead atoms. The zero-order valence-corrected chi connectivity index (χ0v) is 13.5. The zero-order valence-electron chi connectivity index (χ0n) is 13.5. The van der Waals surface area contributed by atoms with E-state index in [0.29, 0.717) is 24.4 Å². The molecule has 0 aromatic carbocycles. The molecule has 0 amide bonds. The van der Waals surface area contributed by atoms with E-state index in [4.69, 9.17) is 4.52 Å². The highest BCUT2D eigenvalue weighted by atomic mass is 16.5. The third-order valence-corrected chi connectivity index (χ3v) is 5.35. The highest BCUT2D eigenvalue weighted by Crippen LogP contribution is 2.31. The average molecular weight is 307 g/mol. The molecule has 0 aliphatic heterocycles. The average Bonchev–Trinajstić information content (AvgIpc) is 2.92. The molecule has 1 heterocycles.